The first-order valence-corrected chi connectivity index (χ1v) is 52.7. The number of methoxy groups -OCH3 is 1. The average Bonchev–Trinajstić information content (AvgIpc) is 1.53. The van der Waals surface area contributed by atoms with E-state index in [9.17, 15) is 52.8 Å². The number of carbonyl (C=O) groups excluding carboxylic acids is 4. The quantitative estimate of drug-likeness (QED) is 0.0490. The number of aromatic nitrogens is 6. The van der Waals surface area contributed by atoms with E-state index in [2.05, 4.69) is 37.8 Å². The third-order valence-corrected chi connectivity index (χ3v) is 30.3. The van der Waals surface area contributed by atoms with Crippen molar-refractivity contribution in [1.82, 2.24) is 49.1 Å². The highest BCUT2D eigenvalue weighted by Crippen LogP contribution is 2.38. The molecule has 0 radical (unpaired) electrons. The van der Waals surface area contributed by atoms with Crippen LogP contribution in [-0.4, -0.2) is 221 Å². The van der Waals surface area contributed by atoms with Crippen molar-refractivity contribution < 1.29 is 81.3 Å². The molecule has 0 saturated carbocycles. The van der Waals surface area contributed by atoms with Gasteiger partial charge >= 0.3 is 0 Å². The molecule has 8 aliphatic rings. The molecule has 10 aromatic rings. The van der Waals surface area contributed by atoms with Gasteiger partial charge in [-0.1, -0.05) is 72.8 Å². The number of hydrogen-bond acceptors (Lipinski definition) is 26. The molecule has 8 aliphatic heterocycles. The third-order valence-electron chi connectivity index (χ3n) is 25.7. The van der Waals surface area contributed by atoms with Crippen LogP contribution in [0.5, 0.6) is 34.5 Å². The fourth-order valence-corrected chi connectivity index (χ4v) is 23.4. The molecule has 12 heterocycles. The summed E-state index contributed by atoms with van der Waals surface area (Å²) in [5, 5.41) is 10.5. The molecule has 4 atom stereocenters. The lowest BCUT2D eigenvalue weighted by molar-refractivity contribution is -0.138. The predicted molar refractivity (Wildman–Crippen MR) is 525 cm³/mol. The summed E-state index contributed by atoms with van der Waals surface area (Å²) in [5.74, 6) is 2.94. The van der Waals surface area contributed by atoms with E-state index in [0.29, 0.717) is 149 Å². The molecule has 732 valence electrons. The number of pyridine rings is 2. The summed E-state index contributed by atoms with van der Waals surface area (Å²) in [6.45, 7) is 21.5. The number of ether oxygens (including phenoxy) is 6. The molecular weight excluding hydrogens is 1850 g/mol. The highest BCUT2D eigenvalue weighted by Gasteiger charge is 2.40. The number of carbonyl (C=O) groups is 4. The van der Waals surface area contributed by atoms with Gasteiger partial charge in [-0.3, -0.25) is 23.9 Å². The molecule has 8 N–H and O–H groups in total. The summed E-state index contributed by atoms with van der Waals surface area (Å²) in [4.78, 5) is 70.7. The van der Waals surface area contributed by atoms with Crippen molar-refractivity contribution in [2.75, 3.05) is 79.4 Å². The van der Waals surface area contributed by atoms with Crippen LogP contribution in [0, 0.1) is 32.6 Å². The molecule has 4 saturated heterocycles. The Kier molecular flexibility index (Phi) is 30.0. The molecule has 6 aromatic carbocycles. The number of sulfonamides is 4. The Morgan fingerprint density at radius 1 is 0.486 bits per heavy atom. The SMILES string of the molecule is CCOc1ccc(CC(=O)N2CCC[C@H](COc3cccc4c3C(N)=NS(=O)(=O)C4)C2)cc1.COc1ccc(C(C)(C)C(=O)N2CCC[C@H](COc3cccc4c3C(N)=NS(=O)(=O)C4)C2)cc1.Cc1cc(C(=O)N2CCCC[C@@H]2COc2cccc3c2C(N)=NS(=O)(=O)C3)c2c(C)nn(C)c2n1.Cc1cc(C(=O)N2CCCC[C@@H]2COc2cccc3c2C(N)=NS(=O)(=O)C3)c2cnn(C(C)C)c2n1. The lowest BCUT2D eigenvalue weighted by Gasteiger charge is -2.38. The van der Waals surface area contributed by atoms with Crippen molar-refractivity contribution in [1.29, 1.82) is 0 Å². The van der Waals surface area contributed by atoms with Crippen LogP contribution >= 0.6 is 0 Å². The van der Waals surface area contributed by atoms with Gasteiger partial charge in [-0.25, -0.2) is 48.3 Å². The van der Waals surface area contributed by atoms with Crippen LogP contribution in [0.15, 0.2) is 157 Å². The second-order valence-electron chi connectivity index (χ2n) is 36.7. The number of amides is 4. The zero-order chi connectivity index (χ0) is 98.5. The number of fused-ring (bicyclic) bond motifs is 6. The monoisotopic (exact) mass is 1960 g/mol. The van der Waals surface area contributed by atoms with Crippen LogP contribution in [0.25, 0.3) is 22.1 Å². The minimum atomic E-state index is -3.63. The number of piperidine rings is 4. The fourth-order valence-electron chi connectivity index (χ4n) is 19.0. The van der Waals surface area contributed by atoms with Gasteiger partial charge in [0.25, 0.3) is 51.9 Å². The Labute approximate surface area is 803 Å². The fraction of sp³-hybridized carbons (Fsp3) is 0.429. The topological polar surface area (TPSA) is 488 Å². The minimum absolute atomic E-state index is 0.0392. The van der Waals surface area contributed by atoms with E-state index < -0.39 is 45.5 Å². The van der Waals surface area contributed by atoms with Crippen LogP contribution in [0.1, 0.15) is 198 Å². The maximum Gasteiger partial charge on any atom is 0.259 e. The van der Waals surface area contributed by atoms with Gasteiger partial charge in [0.2, 0.25) is 11.8 Å². The van der Waals surface area contributed by atoms with Gasteiger partial charge in [-0.05, 0) is 214 Å². The van der Waals surface area contributed by atoms with Crippen molar-refractivity contribution in [3.63, 3.8) is 0 Å². The molecule has 18 rings (SSSR count). The molecule has 0 bridgehead atoms. The lowest BCUT2D eigenvalue weighted by Crippen LogP contribution is -2.48. The molecule has 0 spiro atoms. The zero-order valence-electron chi connectivity index (χ0n) is 79.1. The van der Waals surface area contributed by atoms with Gasteiger partial charge in [0.15, 0.2) is 11.3 Å². The smallest absolute Gasteiger partial charge is 0.259 e. The number of hydrogen-bond donors (Lipinski definition) is 4. The first-order valence-electron chi connectivity index (χ1n) is 46.3. The second kappa shape index (κ2) is 41.7. The summed E-state index contributed by atoms with van der Waals surface area (Å²) in [7, 11) is -11.0. The first kappa shape index (κ1) is 99.4. The van der Waals surface area contributed by atoms with Crippen molar-refractivity contribution in [3.05, 3.63) is 224 Å². The summed E-state index contributed by atoms with van der Waals surface area (Å²) >= 11 is 0. The van der Waals surface area contributed by atoms with Crippen molar-refractivity contribution >= 4 is 109 Å². The van der Waals surface area contributed by atoms with Gasteiger partial charge in [0.1, 0.15) is 71.1 Å². The lowest BCUT2D eigenvalue weighted by atomic mass is 9.82. The summed E-state index contributed by atoms with van der Waals surface area (Å²) in [6.07, 6.45) is 11.2. The van der Waals surface area contributed by atoms with Gasteiger partial charge in [0.05, 0.1) is 130 Å². The van der Waals surface area contributed by atoms with E-state index in [1.807, 2.05) is 147 Å². The van der Waals surface area contributed by atoms with E-state index in [4.69, 9.17) is 51.4 Å². The summed E-state index contributed by atoms with van der Waals surface area (Å²) in [6, 6.07) is 39.7. The van der Waals surface area contributed by atoms with E-state index >= 15 is 0 Å². The second-order valence-corrected chi connectivity index (χ2v) is 43.2. The van der Waals surface area contributed by atoms with Crippen molar-refractivity contribution in [2.45, 2.75) is 173 Å². The molecule has 4 amide bonds. The summed E-state index contributed by atoms with van der Waals surface area (Å²) < 4.78 is 149. The van der Waals surface area contributed by atoms with Gasteiger partial charge < -0.3 is 71.0 Å². The maximum atomic E-state index is 13.8. The van der Waals surface area contributed by atoms with Crippen LogP contribution in [-0.2, 0) is 91.6 Å². The Bertz CT molecular complexity index is 6940. The largest absolute Gasteiger partial charge is 0.497 e. The molecule has 138 heavy (non-hydrogen) atoms. The van der Waals surface area contributed by atoms with Crippen LogP contribution < -0.4 is 51.4 Å². The number of benzene rings is 6. The molecule has 36 nitrogen and oxygen atoms in total. The van der Waals surface area contributed by atoms with E-state index in [0.717, 1.165) is 121 Å². The summed E-state index contributed by atoms with van der Waals surface area (Å²) in [5.41, 5.74) is 34.4. The molecule has 0 aliphatic carbocycles. The Morgan fingerprint density at radius 2 is 0.899 bits per heavy atom. The predicted octanol–water partition coefficient (Wildman–Crippen LogP) is 10.5. The van der Waals surface area contributed by atoms with Crippen LogP contribution in [0.4, 0.5) is 0 Å². The maximum absolute atomic E-state index is 13.8. The number of aryl methyl sites for hydroxylation is 4. The Balaban J connectivity index is 0.000000140. The standard InChI is InChI=1S/C25H30N6O4S.C25H31N3O5S.C24H28N6O4S.C24H29N3O5S/c1-15(2)31-24-20(12-27-31)19(11-16(3)28-24)25(32)30-10-5-4-8-18(30)13-35-21-9-6-7-17-14-36(33,34)29-23(26)22(17)21;1-25(2,19-9-11-20(32-3)12-10-19)24(29)28-13-5-6-17(14-28)15-33-21-8-4-7-18-16-34(30,31)27-23(26)22(18)21;1-14-11-18(20-15(2)27-29(3)23(20)26-14)24(31)30-10-5-4-8-17(30)12-34-19-9-6-7-16-13-35(32,33)28-22(25)21(16)19;1-2-31-20-10-8-17(9-11-20)13-22(28)27-12-4-5-18(14-27)15-32-21-7-3-6-19-16-33(29,30)26-24(25)23(19)21/h6-7,9,11-12,15,18H,4-5,8,10,13-14H2,1-3H3,(H2,26,29);4,7-12,17H,5-6,13-16H2,1-3H3,(H2,26,27);6-7,9,11,17H,4-5,8,10,12-13H2,1-3H3,(H2,25,28);3,6-11,18H,2,4-5,12-16H2,1H3,(H2,25,26)/t18-;2*17-;18-/m1010/s1. The molecule has 4 aromatic heterocycles. The van der Waals surface area contributed by atoms with Crippen LogP contribution in [0.3, 0.4) is 0 Å². The Morgan fingerprint density at radius 3 is 1.34 bits per heavy atom. The van der Waals surface area contributed by atoms with Crippen molar-refractivity contribution in [2.24, 2.45) is 59.4 Å². The van der Waals surface area contributed by atoms with Crippen LogP contribution in [0.2, 0.25) is 0 Å². The number of amidine groups is 4. The number of nitrogens with two attached hydrogens (primary N) is 4. The average molecular weight is 1960 g/mol. The molecular formula is C98H118N18O18S4. The number of nitrogens with zero attached hydrogens (tertiary/aromatic N) is 14. The number of likely N-dealkylation sites (tertiary alicyclic amines) is 4. The highest BCUT2D eigenvalue weighted by molar-refractivity contribution is 7.90. The minimum Gasteiger partial charge on any atom is -0.497 e. The first-order chi connectivity index (χ1) is 65.7. The normalized spacial score (nSPS) is 19.4. The van der Waals surface area contributed by atoms with E-state index in [1.165, 1.54) is 0 Å². The molecule has 4 fully saturated rings. The highest BCUT2D eigenvalue weighted by atomic mass is 32.2. The van der Waals surface area contributed by atoms with E-state index in [1.54, 1.807) is 90.8 Å². The molecule has 40 heteroatoms. The van der Waals surface area contributed by atoms with Gasteiger partial charge in [0, 0.05) is 75.6 Å². The van der Waals surface area contributed by atoms with E-state index in [-0.39, 0.29) is 113 Å². The number of rotatable bonds is 22. The zero-order valence-corrected chi connectivity index (χ0v) is 82.4. The Hall–Kier alpha value is -13.1. The third kappa shape index (κ3) is 22.8. The van der Waals surface area contributed by atoms with Gasteiger partial charge in [-0.15, -0.1) is 17.6 Å². The van der Waals surface area contributed by atoms with Gasteiger partial charge in [-0.2, -0.15) is 10.2 Å². The molecule has 0 unspecified atom stereocenters. The van der Waals surface area contributed by atoms with Crippen molar-refractivity contribution in [3.8, 4) is 34.5 Å².